The van der Waals surface area contributed by atoms with Crippen LogP contribution in [0.1, 0.15) is 16.8 Å². The summed E-state index contributed by atoms with van der Waals surface area (Å²) in [4.78, 5) is 34.0. The Hall–Kier alpha value is -3.91. The summed E-state index contributed by atoms with van der Waals surface area (Å²) in [5, 5.41) is 3.24. The van der Waals surface area contributed by atoms with E-state index >= 15 is 0 Å². The second-order valence-corrected chi connectivity index (χ2v) is 8.52. The molecule has 0 radical (unpaired) electrons. The number of nitrogens with one attached hydrogen (secondary N) is 1. The minimum absolute atomic E-state index is 0.00803. The van der Waals surface area contributed by atoms with E-state index in [-0.39, 0.29) is 18.4 Å². The molecule has 1 atom stereocenters. The number of methoxy groups -OCH3 is 1. The summed E-state index contributed by atoms with van der Waals surface area (Å²) >= 11 is 0. The van der Waals surface area contributed by atoms with E-state index in [4.69, 9.17) is 9.47 Å². The van der Waals surface area contributed by atoms with Crippen LogP contribution in [0.5, 0.6) is 5.75 Å². The fourth-order valence-corrected chi connectivity index (χ4v) is 4.48. The second-order valence-electron chi connectivity index (χ2n) is 8.52. The van der Waals surface area contributed by atoms with Crippen molar-refractivity contribution in [2.75, 3.05) is 43.6 Å². The van der Waals surface area contributed by atoms with Crippen LogP contribution in [-0.2, 0) is 9.53 Å². The number of morpholine rings is 1. The van der Waals surface area contributed by atoms with E-state index in [1.807, 2.05) is 54.6 Å². The zero-order chi connectivity index (χ0) is 23.5. The minimum Gasteiger partial charge on any atom is -0.497 e. The van der Waals surface area contributed by atoms with Gasteiger partial charge in [0.2, 0.25) is 0 Å². The topological polar surface area (TPSA) is 84.0 Å². The monoisotopic (exact) mass is 458 g/mol. The first-order chi connectivity index (χ1) is 16.6. The Morgan fingerprint density at radius 2 is 1.85 bits per heavy atom. The Bertz CT molecular complexity index is 1180. The molecule has 8 nitrogen and oxygen atoms in total. The van der Waals surface area contributed by atoms with Crippen molar-refractivity contribution in [3.8, 4) is 5.75 Å². The van der Waals surface area contributed by atoms with Gasteiger partial charge in [-0.05, 0) is 55.0 Å². The van der Waals surface area contributed by atoms with Gasteiger partial charge < -0.3 is 24.6 Å². The summed E-state index contributed by atoms with van der Waals surface area (Å²) < 4.78 is 11.2. The zero-order valence-corrected chi connectivity index (χ0v) is 18.9. The standard InChI is InChI=1S/C26H26N4O4/c1-33-21-11-9-19(10-12-21)28-24-22(8-5-14-27-24)25(32)29-15-13-26(17-29)18-30(23(31)16-34-26)20-6-3-2-4-7-20/h2-12,14H,13,15-18H2,1H3,(H,27,28)/t26-/m0/s1. The lowest BCUT2D eigenvalue weighted by atomic mass is 10.00. The molecule has 5 rings (SSSR count). The van der Waals surface area contributed by atoms with Gasteiger partial charge in [0.25, 0.3) is 11.8 Å². The highest BCUT2D eigenvalue weighted by Crippen LogP contribution is 2.33. The van der Waals surface area contributed by atoms with Crippen molar-refractivity contribution >= 4 is 29.0 Å². The van der Waals surface area contributed by atoms with Crippen LogP contribution in [0, 0.1) is 0 Å². The lowest BCUT2D eigenvalue weighted by Gasteiger charge is -2.40. The Kier molecular flexibility index (Phi) is 5.90. The number of carbonyl (C=O) groups is 2. The van der Waals surface area contributed by atoms with Gasteiger partial charge in [0.1, 0.15) is 23.8 Å². The van der Waals surface area contributed by atoms with Crippen molar-refractivity contribution in [3.63, 3.8) is 0 Å². The largest absolute Gasteiger partial charge is 0.497 e. The third-order valence-electron chi connectivity index (χ3n) is 6.31. The van der Waals surface area contributed by atoms with Crippen molar-refractivity contribution < 1.29 is 19.1 Å². The van der Waals surface area contributed by atoms with Gasteiger partial charge in [-0.15, -0.1) is 0 Å². The number of aromatic nitrogens is 1. The van der Waals surface area contributed by atoms with Crippen LogP contribution in [0.4, 0.5) is 17.2 Å². The van der Waals surface area contributed by atoms with Crippen LogP contribution in [0.2, 0.25) is 0 Å². The number of anilines is 3. The zero-order valence-electron chi connectivity index (χ0n) is 18.9. The van der Waals surface area contributed by atoms with Gasteiger partial charge in [-0.1, -0.05) is 18.2 Å². The van der Waals surface area contributed by atoms with E-state index < -0.39 is 5.60 Å². The molecule has 1 N–H and O–H groups in total. The van der Waals surface area contributed by atoms with Crippen molar-refractivity contribution in [1.82, 2.24) is 9.88 Å². The van der Waals surface area contributed by atoms with E-state index in [0.717, 1.165) is 17.1 Å². The number of hydrogen-bond acceptors (Lipinski definition) is 6. The van der Waals surface area contributed by atoms with Gasteiger partial charge in [0.15, 0.2) is 0 Å². The van der Waals surface area contributed by atoms with Gasteiger partial charge in [0, 0.05) is 24.1 Å². The van der Waals surface area contributed by atoms with Crippen LogP contribution in [0.3, 0.4) is 0 Å². The number of ether oxygens (including phenoxy) is 2. The predicted octanol–water partition coefficient (Wildman–Crippen LogP) is 3.48. The maximum Gasteiger partial charge on any atom is 0.257 e. The molecule has 2 amide bonds. The SMILES string of the molecule is COc1ccc(Nc2ncccc2C(=O)N2CC[C@]3(C2)CN(c2ccccc2)C(=O)CO3)cc1. The lowest BCUT2D eigenvalue weighted by molar-refractivity contribution is -0.137. The molecule has 0 saturated carbocycles. The second kappa shape index (κ2) is 9.15. The first kappa shape index (κ1) is 21.9. The normalized spacial score (nSPS) is 20.0. The van der Waals surface area contributed by atoms with E-state index in [2.05, 4.69) is 10.3 Å². The molecule has 2 fully saturated rings. The summed E-state index contributed by atoms with van der Waals surface area (Å²) in [7, 11) is 1.62. The first-order valence-electron chi connectivity index (χ1n) is 11.2. The maximum absolute atomic E-state index is 13.5. The molecule has 1 spiro atoms. The molecule has 174 valence electrons. The molecule has 34 heavy (non-hydrogen) atoms. The summed E-state index contributed by atoms with van der Waals surface area (Å²) in [6, 6.07) is 20.5. The highest BCUT2D eigenvalue weighted by atomic mass is 16.5. The van der Waals surface area contributed by atoms with E-state index in [1.165, 1.54) is 0 Å². The van der Waals surface area contributed by atoms with Crippen LogP contribution in [-0.4, -0.2) is 60.7 Å². The number of benzene rings is 2. The number of para-hydroxylation sites is 1. The van der Waals surface area contributed by atoms with Crippen LogP contribution in [0.15, 0.2) is 72.9 Å². The van der Waals surface area contributed by atoms with E-state index in [0.29, 0.717) is 37.4 Å². The number of likely N-dealkylation sites (tertiary alicyclic amines) is 1. The van der Waals surface area contributed by atoms with Gasteiger partial charge in [0.05, 0.1) is 25.8 Å². The van der Waals surface area contributed by atoms with Crippen molar-refractivity contribution in [1.29, 1.82) is 0 Å². The molecule has 2 aliphatic rings. The Morgan fingerprint density at radius 3 is 2.62 bits per heavy atom. The molecule has 2 aromatic carbocycles. The number of amides is 2. The molecule has 0 aliphatic carbocycles. The van der Waals surface area contributed by atoms with Crippen LogP contribution in [0.25, 0.3) is 0 Å². The summed E-state index contributed by atoms with van der Waals surface area (Å²) in [5.74, 6) is 1.05. The van der Waals surface area contributed by atoms with E-state index in [9.17, 15) is 9.59 Å². The van der Waals surface area contributed by atoms with Crippen molar-refractivity contribution in [3.05, 3.63) is 78.5 Å². The quantitative estimate of drug-likeness (QED) is 0.630. The smallest absolute Gasteiger partial charge is 0.257 e. The summed E-state index contributed by atoms with van der Waals surface area (Å²) in [6.07, 6.45) is 2.32. The minimum atomic E-state index is -0.578. The van der Waals surface area contributed by atoms with Crippen molar-refractivity contribution in [2.45, 2.75) is 12.0 Å². The first-order valence-corrected chi connectivity index (χ1v) is 11.2. The van der Waals surface area contributed by atoms with Crippen LogP contribution < -0.4 is 15.0 Å². The van der Waals surface area contributed by atoms with Gasteiger partial charge in [-0.2, -0.15) is 0 Å². The molecule has 3 aromatic rings. The predicted molar refractivity (Wildman–Crippen MR) is 129 cm³/mol. The fourth-order valence-electron chi connectivity index (χ4n) is 4.48. The molecule has 3 heterocycles. The number of pyridine rings is 1. The third-order valence-corrected chi connectivity index (χ3v) is 6.31. The van der Waals surface area contributed by atoms with Gasteiger partial charge >= 0.3 is 0 Å². The molecule has 0 bridgehead atoms. The molecule has 0 unspecified atom stereocenters. The summed E-state index contributed by atoms with van der Waals surface area (Å²) in [6.45, 7) is 1.39. The average Bonchev–Trinajstić information content (AvgIpc) is 3.30. The number of nitrogens with zero attached hydrogens (tertiary/aromatic N) is 3. The number of hydrogen-bond donors (Lipinski definition) is 1. The van der Waals surface area contributed by atoms with Crippen LogP contribution >= 0.6 is 0 Å². The Balaban J connectivity index is 1.32. The Labute approximate surface area is 198 Å². The number of carbonyl (C=O) groups excluding carboxylic acids is 2. The Morgan fingerprint density at radius 1 is 1.06 bits per heavy atom. The van der Waals surface area contributed by atoms with E-state index in [1.54, 1.807) is 35.2 Å². The van der Waals surface area contributed by atoms with Crippen molar-refractivity contribution in [2.24, 2.45) is 0 Å². The number of rotatable bonds is 5. The maximum atomic E-state index is 13.5. The van der Waals surface area contributed by atoms with Gasteiger partial charge in [-0.3, -0.25) is 9.59 Å². The molecule has 2 saturated heterocycles. The fraction of sp³-hybridized carbons (Fsp3) is 0.269. The molecular formula is C26H26N4O4. The highest BCUT2D eigenvalue weighted by Gasteiger charge is 2.47. The molecular weight excluding hydrogens is 432 g/mol. The summed E-state index contributed by atoms with van der Waals surface area (Å²) in [5.41, 5.74) is 1.56. The molecule has 2 aliphatic heterocycles. The lowest BCUT2D eigenvalue weighted by Crippen LogP contribution is -2.56. The average molecular weight is 459 g/mol. The molecule has 8 heteroatoms. The van der Waals surface area contributed by atoms with Gasteiger partial charge in [-0.25, -0.2) is 4.98 Å². The molecule has 1 aromatic heterocycles. The third kappa shape index (κ3) is 4.32. The highest BCUT2D eigenvalue weighted by molar-refractivity contribution is 6.00.